The van der Waals surface area contributed by atoms with E-state index in [0.717, 1.165) is 49.7 Å². The Balaban J connectivity index is 1.31. The molecule has 1 aromatic carbocycles. The highest BCUT2D eigenvalue weighted by Gasteiger charge is 2.55. The van der Waals surface area contributed by atoms with Crippen molar-refractivity contribution in [1.82, 2.24) is 0 Å². The van der Waals surface area contributed by atoms with Gasteiger partial charge in [0.15, 0.2) is 0 Å². The van der Waals surface area contributed by atoms with E-state index in [1.54, 1.807) is 12.1 Å². The third-order valence-electron chi connectivity index (χ3n) is 11.6. The molecular formula is C31H38O8. The lowest BCUT2D eigenvalue weighted by atomic mass is 9.46. The molecule has 0 unspecified atom stereocenters. The number of aliphatic hydroxyl groups is 2. The summed E-state index contributed by atoms with van der Waals surface area (Å²) in [5.74, 6) is -4.70. The van der Waals surface area contributed by atoms with E-state index in [-0.39, 0.29) is 16.4 Å². The van der Waals surface area contributed by atoms with E-state index in [9.17, 15) is 29.7 Å². The number of ether oxygens (including phenoxy) is 1. The molecule has 8 heteroatoms. The van der Waals surface area contributed by atoms with Crippen LogP contribution in [0.1, 0.15) is 98.5 Å². The standard InChI is InChI=1S/C31H38O8/c32-25(26(33)34)31(38,28(36)37)39-27(35)22-7-23(29-10-16-1-17(11-29)3-18(2-16)12-29)9-24(8-22)30-13-19-4-20(14-30)6-21(5-19)15-30/h7-9,16-21,25,32,38H,1-6,10-15H2,(H,33,34)(H,36,37)/t16?,17?,18?,19?,20?,21?,25-,29?,30?,31+/m0/s1. The number of hydrogen-bond donors (Lipinski definition) is 4. The summed E-state index contributed by atoms with van der Waals surface area (Å²) in [6.07, 6.45) is 11.4. The van der Waals surface area contributed by atoms with Gasteiger partial charge in [0.05, 0.1) is 5.56 Å². The zero-order valence-electron chi connectivity index (χ0n) is 22.2. The lowest BCUT2D eigenvalue weighted by Gasteiger charge is -2.58. The summed E-state index contributed by atoms with van der Waals surface area (Å²) in [6.45, 7) is 0. The molecule has 0 radical (unpaired) electrons. The number of rotatable bonds is 7. The van der Waals surface area contributed by atoms with E-state index < -0.39 is 29.8 Å². The van der Waals surface area contributed by atoms with E-state index in [0.29, 0.717) is 35.5 Å². The number of carboxylic acid groups (broad SMARTS) is 2. The second kappa shape index (κ2) is 8.53. The fraction of sp³-hybridized carbons (Fsp3) is 0.710. The molecule has 0 heterocycles. The summed E-state index contributed by atoms with van der Waals surface area (Å²) in [4.78, 5) is 36.6. The molecule has 4 N–H and O–H groups in total. The average Bonchev–Trinajstić information content (AvgIpc) is 2.86. The van der Waals surface area contributed by atoms with Gasteiger partial charge in [-0.1, -0.05) is 6.07 Å². The number of carbonyl (C=O) groups excluding carboxylic acids is 1. The van der Waals surface area contributed by atoms with Crippen molar-refractivity contribution in [2.45, 2.75) is 99.8 Å². The van der Waals surface area contributed by atoms with Crippen LogP contribution in [0, 0.1) is 35.5 Å². The van der Waals surface area contributed by atoms with Gasteiger partial charge in [-0.25, -0.2) is 14.4 Å². The molecule has 8 fully saturated rings. The number of aliphatic carboxylic acids is 2. The SMILES string of the molecule is O=C(O[C@@](O)(C(=O)O)[C@@H](O)C(=O)O)c1cc(C23CC4CC(CC(C4)C2)C3)cc(C23CC4CC(CC(C4)C2)C3)c1. The molecule has 0 amide bonds. The highest BCUT2D eigenvalue weighted by atomic mass is 16.7. The van der Waals surface area contributed by atoms with Gasteiger partial charge in [0.25, 0.3) is 0 Å². The monoisotopic (exact) mass is 538 g/mol. The number of esters is 1. The molecule has 2 atom stereocenters. The minimum Gasteiger partial charge on any atom is -0.479 e. The zero-order valence-corrected chi connectivity index (χ0v) is 22.2. The Labute approximate surface area is 227 Å². The number of hydrogen-bond acceptors (Lipinski definition) is 6. The summed E-state index contributed by atoms with van der Waals surface area (Å²) in [7, 11) is 0. The van der Waals surface area contributed by atoms with Gasteiger partial charge in [-0.05, 0) is 147 Å². The molecule has 8 nitrogen and oxygen atoms in total. The fourth-order valence-corrected chi connectivity index (χ4v) is 10.9. The molecular weight excluding hydrogens is 500 g/mol. The van der Waals surface area contributed by atoms with Crippen molar-refractivity contribution in [3.8, 4) is 0 Å². The minimum atomic E-state index is -3.60. The number of aliphatic hydroxyl groups excluding tert-OH is 1. The van der Waals surface area contributed by atoms with Crippen molar-refractivity contribution in [1.29, 1.82) is 0 Å². The molecule has 1 aromatic rings. The first-order valence-electron chi connectivity index (χ1n) is 14.7. The summed E-state index contributed by atoms with van der Waals surface area (Å²) in [5, 5.41) is 39.1. The average molecular weight is 539 g/mol. The van der Waals surface area contributed by atoms with Gasteiger partial charge in [-0.3, -0.25) is 0 Å². The lowest BCUT2D eigenvalue weighted by molar-refractivity contribution is -0.238. The van der Waals surface area contributed by atoms with Crippen molar-refractivity contribution in [2.24, 2.45) is 35.5 Å². The van der Waals surface area contributed by atoms with E-state index in [4.69, 9.17) is 9.84 Å². The Bertz CT molecular complexity index is 1100. The molecule has 0 aliphatic heterocycles. The van der Waals surface area contributed by atoms with Crippen LogP contribution in [0.15, 0.2) is 18.2 Å². The zero-order chi connectivity index (χ0) is 27.3. The van der Waals surface area contributed by atoms with Gasteiger partial charge in [0.2, 0.25) is 6.10 Å². The van der Waals surface area contributed by atoms with Crippen molar-refractivity contribution in [2.75, 3.05) is 0 Å². The number of carbonyl (C=O) groups is 3. The molecule has 0 spiro atoms. The van der Waals surface area contributed by atoms with Gasteiger partial charge in [-0.15, -0.1) is 0 Å². The Morgan fingerprint density at radius 1 is 0.718 bits per heavy atom. The van der Waals surface area contributed by atoms with Gasteiger partial charge in [0, 0.05) is 0 Å². The first-order valence-corrected chi connectivity index (χ1v) is 14.7. The maximum absolute atomic E-state index is 13.5. The van der Waals surface area contributed by atoms with Crippen molar-refractivity contribution in [3.05, 3.63) is 34.9 Å². The van der Waals surface area contributed by atoms with E-state index >= 15 is 0 Å². The van der Waals surface area contributed by atoms with E-state index in [2.05, 4.69) is 6.07 Å². The molecule has 210 valence electrons. The predicted molar refractivity (Wildman–Crippen MR) is 138 cm³/mol. The van der Waals surface area contributed by atoms with Crippen LogP contribution in [-0.4, -0.2) is 50.2 Å². The fourth-order valence-electron chi connectivity index (χ4n) is 10.9. The van der Waals surface area contributed by atoms with E-state index in [1.807, 2.05) is 0 Å². The normalized spacial score (nSPS) is 41.7. The largest absolute Gasteiger partial charge is 0.479 e. The highest BCUT2D eigenvalue weighted by molar-refractivity contribution is 5.94. The molecule has 39 heavy (non-hydrogen) atoms. The Hall–Kier alpha value is -2.45. The molecule has 8 aliphatic rings. The molecule has 0 saturated heterocycles. The van der Waals surface area contributed by atoms with Crippen LogP contribution >= 0.6 is 0 Å². The maximum Gasteiger partial charge on any atom is 0.380 e. The number of carboxylic acids is 2. The predicted octanol–water partition coefficient (Wildman–Crippen LogP) is 4.00. The quantitative estimate of drug-likeness (QED) is 0.302. The van der Waals surface area contributed by atoms with Gasteiger partial charge in [-0.2, -0.15) is 0 Å². The first kappa shape index (κ1) is 25.5. The molecule has 8 aliphatic carbocycles. The molecule has 8 bridgehead atoms. The summed E-state index contributed by atoms with van der Waals surface area (Å²) in [5.41, 5.74) is 2.31. The maximum atomic E-state index is 13.5. The van der Waals surface area contributed by atoms with Crippen molar-refractivity contribution in [3.63, 3.8) is 0 Å². The lowest BCUT2D eigenvalue weighted by Crippen LogP contribution is -2.56. The van der Waals surface area contributed by atoms with Crippen LogP contribution < -0.4 is 0 Å². The second-order valence-corrected chi connectivity index (χ2v) is 14.3. The number of benzene rings is 1. The van der Waals surface area contributed by atoms with Crippen molar-refractivity contribution < 1.29 is 39.5 Å². The second-order valence-electron chi connectivity index (χ2n) is 14.3. The third-order valence-corrected chi connectivity index (χ3v) is 11.6. The smallest absolute Gasteiger partial charge is 0.380 e. The van der Waals surface area contributed by atoms with Crippen LogP contribution in [-0.2, 0) is 25.2 Å². The third kappa shape index (κ3) is 3.96. The topological polar surface area (TPSA) is 141 Å². The van der Waals surface area contributed by atoms with Crippen LogP contribution in [0.25, 0.3) is 0 Å². The highest BCUT2D eigenvalue weighted by Crippen LogP contribution is 2.63. The minimum absolute atomic E-state index is 0.0221. The Morgan fingerprint density at radius 3 is 1.38 bits per heavy atom. The molecule has 9 rings (SSSR count). The van der Waals surface area contributed by atoms with Gasteiger partial charge < -0.3 is 25.2 Å². The first-order chi connectivity index (χ1) is 18.5. The van der Waals surface area contributed by atoms with Crippen LogP contribution in [0.4, 0.5) is 0 Å². The van der Waals surface area contributed by atoms with Gasteiger partial charge in [0.1, 0.15) is 0 Å². The van der Waals surface area contributed by atoms with Crippen LogP contribution in [0.2, 0.25) is 0 Å². The van der Waals surface area contributed by atoms with Crippen molar-refractivity contribution >= 4 is 17.9 Å². The Kier molecular flexibility index (Phi) is 5.58. The van der Waals surface area contributed by atoms with Gasteiger partial charge >= 0.3 is 23.7 Å². The molecule has 8 saturated carbocycles. The summed E-state index contributed by atoms with van der Waals surface area (Å²) in [6, 6.07) is 5.94. The molecule has 0 aromatic heterocycles. The van der Waals surface area contributed by atoms with Crippen LogP contribution in [0.5, 0.6) is 0 Å². The van der Waals surface area contributed by atoms with Crippen LogP contribution in [0.3, 0.4) is 0 Å². The summed E-state index contributed by atoms with van der Waals surface area (Å²) < 4.78 is 4.94. The Morgan fingerprint density at radius 2 is 1.08 bits per heavy atom. The summed E-state index contributed by atoms with van der Waals surface area (Å²) >= 11 is 0. The van der Waals surface area contributed by atoms with E-state index in [1.165, 1.54) is 38.5 Å².